The lowest BCUT2D eigenvalue weighted by Gasteiger charge is -2.09. The standard InChI is InChI=1S/C12H7Cl3N2O2/c13-6-1-3-9(8(15)5-6)16-10-4-2-7(14)11(17-10)12(18)19/h1-5H,(H,16,17)(H,18,19). The highest BCUT2D eigenvalue weighted by Gasteiger charge is 2.12. The summed E-state index contributed by atoms with van der Waals surface area (Å²) in [6.45, 7) is 0. The van der Waals surface area contributed by atoms with Crippen LogP contribution in [0.1, 0.15) is 10.5 Å². The molecule has 0 bridgehead atoms. The van der Waals surface area contributed by atoms with Crippen molar-refractivity contribution in [3.63, 3.8) is 0 Å². The molecule has 0 aliphatic carbocycles. The van der Waals surface area contributed by atoms with Crippen molar-refractivity contribution in [2.24, 2.45) is 0 Å². The number of nitrogens with one attached hydrogen (secondary N) is 1. The van der Waals surface area contributed by atoms with E-state index in [0.717, 1.165) is 0 Å². The first-order valence-corrected chi connectivity index (χ1v) is 6.22. The number of carboxylic acids is 1. The molecule has 1 heterocycles. The smallest absolute Gasteiger partial charge is 0.356 e. The zero-order valence-corrected chi connectivity index (χ0v) is 11.6. The Labute approximate surface area is 123 Å². The van der Waals surface area contributed by atoms with Crippen LogP contribution in [-0.4, -0.2) is 16.1 Å². The van der Waals surface area contributed by atoms with Crippen LogP contribution in [-0.2, 0) is 0 Å². The summed E-state index contributed by atoms with van der Waals surface area (Å²) in [5.74, 6) is -0.873. The predicted molar refractivity (Wildman–Crippen MR) is 76.0 cm³/mol. The number of aromatic nitrogens is 1. The van der Waals surface area contributed by atoms with Gasteiger partial charge in [0.25, 0.3) is 0 Å². The third kappa shape index (κ3) is 3.29. The Kier molecular flexibility index (Phi) is 4.14. The van der Waals surface area contributed by atoms with Gasteiger partial charge in [0.2, 0.25) is 0 Å². The molecule has 0 saturated heterocycles. The van der Waals surface area contributed by atoms with Crippen molar-refractivity contribution >= 4 is 52.3 Å². The van der Waals surface area contributed by atoms with Gasteiger partial charge in [0.05, 0.1) is 15.7 Å². The van der Waals surface area contributed by atoms with Gasteiger partial charge in [-0.15, -0.1) is 0 Å². The van der Waals surface area contributed by atoms with E-state index in [9.17, 15) is 4.79 Å². The minimum absolute atomic E-state index is 0.0697. The molecule has 0 saturated carbocycles. The monoisotopic (exact) mass is 316 g/mol. The van der Waals surface area contributed by atoms with Crippen molar-refractivity contribution in [3.8, 4) is 0 Å². The molecule has 0 atom stereocenters. The SMILES string of the molecule is O=C(O)c1nc(Nc2ccc(Cl)cc2Cl)ccc1Cl. The first-order chi connectivity index (χ1) is 8.97. The molecular weight excluding hydrogens is 311 g/mol. The van der Waals surface area contributed by atoms with E-state index in [1.165, 1.54) is 6.07 Å². The summed E-state index contributed by atoms with van der Waals surface area (Å²) >= 11 is 17.5. The first-order valence-electron chi connectivity index (χ1n) is 5.09. The maximum absolute atomic E-state index is 10.9. The number of nitrogens with zero attached hydrogens (tertiary/aromatic N) is 1. The third-order valence-corrected chi connectivity index (χ3v) is 3.10. The van der Waals surface area contributed by atoms with E-state index in [1.54, 1.807) is 24.3 Å². The number of anilines is 2. The van der Waals surface area contributed by atoms with E-state index in [4.69, 9.17) is 39.9 Å². The number of halogens is 3. The van der Waals surface area contributed by atoms with Gasteiger partial charge in [0, 0.05) is 5.02 Å². The molecule has 7 heteroatoms. The van der Waals surface area contributed by atoms with Crippen molar-refractivity contribution in [3.05, 3.63) is 51.1 Å². The minimum Gasteiger partial charge on any atom is -0.476 e. The van der Waals surface area contributed by atoms with Gasteiger partial charge in [0.15, 0.2) is 5.69 Å². The Hall–Kier alpha value is -1.49. The molecule has 0 aliphatic rings. The molecule has 2 rings (SSSR count). The molecule has 0 amide bonds. The van der Waals surface area contributed by atoms with Gasteiger partial charge in [-0.3, -0.25) is 0 Å². The summed E-state index contributed by atoms with van der Waals surface area (Å²) < 4.78 is 0. The van der Waals surface area contributed by atoms with E-state index in [-0.39, 0.29) is 10.7 Å². The zero-order valence-electron chi connectivity index (χ0n) is 9.32. The summed E-state index contributed by atoms with van der Waals surface area (Å²) in [6, 6.07) is 7.90. The van der Waals surface area contributed by atoms with Crippen molar-refractivity contribution in [1.29, 1.82) is 0 Å². The van der Waals surface area contributed by atoms with Gasteiger partial charge in [-0.2, -0.15) is 0 Å². The molecule has 1 aromatic heterocycles. The summed E-state index contributed by atoms with van der Waals surface area (Å²) in [5, 5.41) is 12.8. The topological polar surface area (TPSA) is 62.2 Å². The van der Waals surface area contributed by atoms with Crippen LogP contribution in [0.3, 0.4) is 0 Å². The van der Waals surface area contributed by atoms with E-state index in [1.807, 2.05) is 0 Å². The maximum Gasteiger partial charge on any atom is 0.356 e. The van der Waals surface area contributed by atoms with Crippen LogP contribution < -0.4 is 5.32 Å². The Balaban J connectivity index is 2.33. The quantitative estimate of drug-likeness (QED) is 0.876. The molecular formula is C12H7Cl3N2O2. The molecule has 2 N–H and O–H groups in total. The Morgan fingerprint density at radius 1 is 1.11 bits per heavy atom. The Bertz CT molecular complexity index is 647. The van der Waals surface area contributed by atoms with Gasteiger partial charge in [-0.1, -0.05) is 34.8 Å². The fraction of sp³-hybridized carbons (Fsp3) is 0. The maximum atomic E-state index is 10.9. The number of rotatable bonds is 3. The molecule has 0 aliphatic heterocycles. The van der Waals surface area contributed by atoms with Crippen molar-refractivity contribution in [1.82, 2.24) is 4.98 Å². The van der Waals surface area contributed by atoms with Crippen LogP contribution in [0.25, 0.3) is 0 Å². The minimum atomic E-state index is -1.20. The summed E-state index contributed by atoms with van der Waals surface area (Å²) in [5.41, 5.74) is 0.342. The fourth-order valence-corrected chi connectivity index (χ4v) is 2.03. The molecule has 2 aromatic rings. The number of hydrogen-bond acceptors (Lipinski definition) is 3. The van der Waals surface area contributed by atoms with Crippen molar-refractivity contribution < 1.29 is 9.90 Å². The molecule has 4 nitrogen and oxygen atoms in total. The number of carbonyl (C=O) groups is 1. The van der Waals surface area contributed by atoms with E-state index < -0.39 is 5.97 Å². The van der Waals surface area contributed by atoms with Crippen LogP contribution in [0.15, 0.2) is 30.3 Å². The molecule has 98 valence electrons. The summed E-state index contributed by atoms with van der Waals surface area (Å²) in [6.07, 6.45) is 0. The molecule has 0 fully saturated rings. The second-order valence-electron chi connectivity index (χ2n) is 3.58. The average Bonchev–Trinajstić information content (AvgIpc) is 2.34. The lowest BCUT2D eigenvalue weighted by atomic mass is 10.3. The highest BCUT2D eigenvalue weighted by atomic mass is 35.5. The van der Waals surface area contributed by atoms with Crippen molar-refractivity contribution in [2.75, 3.05) is 5.32 Å². The predicted octanol–water partition coefficient (Wildman–Crippen LogP) is 4.48. The lowest BCUT2D eigenvalue weighted by Crippen LogP contribution is -2.04. The number of benzene rings is 1. The van der Waals surface area contributed by atoms with E-state index in [2.05, 4.69) is 10.3 Å². The van der Waals surface area contributed by atoms with Crippen LogP contribution >= 0.6 is 34.8 Å². The Morgan fingerprint density at radius 2 is 1.84 bits per heavy atom. The Morgan fingerprint density at radius 3 is 2.47 bits per heavy atom. The molecule has 1 aromatic carbocycles. The molecule has 0 unspecified atom stereocenters. The number of hydrogen-bond donors (Lipinski definition) is 2. The summed E-state index contributed by atoms with van der Waals surface area (Å²) in [4.78, 5) is 14.8. The number of aromatic carboxylic acids is 1. The third-order valence-electron chi connectivity index (χ3n) is 2.24. The number of pyridine rings is 1. The van der Waals surface area contributed by atoms with Gasteiger partial charge in [-0.25, -0.2) is 9.78 Å². The second kappa shape index (κ2) is 5.65. The van der Waals surface area contributed by atoms with Crippen LogP contribution in [0.2, 0.25) is 15.1 Å². The van der Waals surface area contributed by atoms with Gasteiger partial charge < -0.3 is 10.4 Å². The lowest BCUT2D eigenvalue weighted by molar-refractivity contribution is 0.0691. The fourth-order valence-electron chi connectivity index (χ4n) is 1.39. The highest BCUT2D eigenvalue weighted by molar-refractivity contribution is 6.36. The van der Waals surface area contributed by atoms with E-state index in [0.29, 0.717) is 21.6 Å². The largest absolute Gasteiger partial charge is 0.476 e. The molecule has 0 spiro atoms. The highest BCUT2D eigenvalue weighted by Crippen LogP contribution is 2.28. The summed E-state index contributed by atoms with van der Waals surface area (Å²) in [7, 11) is 0. The normalized spacial score (nSPS) is 10.3. The van der Waals surface area contributed by atoms with Gasteiger partial charge in [0.1, 0.15) is 5.82 Å². The van der Waals surface area contributed by atoms with Crippen molar-refractivity contribution in [2.45, 2.75) is 0 Å². The average molecular weight is 318 g/mol. The van der Waals surface area contributed by atoms with E-state index >= 15 is 0 Å². The van der Waals surface area contributed by atoms with Crippen LogP contribution in [0.5, 0.6) is 0 Å². The second-order valence-corrected chi connectivity index (χ2v) is 4.83. The first kappa shape index (κ1) is 13.9. The number of carboxylic acid groups (broad SMARTS) is 1. The molecule has 19 heavy (non-hydrogen) atoms. The van der Waals surface area contributed by atoms with Crippen LogP contribution in [0, 0.1) is 0 Å². The van der Waals surface area contributed by atoms with Crippen LogP contribution in [0.4, 0.5) is 11.5 Å². The van der Waals surface area contributed by atoms with Gasteiger partial charge in [-0.05, 0) is 30.3 Å². The van der Waals surface area contributed by atoms with Gasteiger partial charge >= 0.3 is 5.97 Å². The molecule has 0 radical (unpaired) electrons. The zero-order chi connectivity index (χ0) is 14.0.